The number of hydrogen-bond acceptors (Lipinski definition) is 4. The van der Waals surface area contributed by atoms with Crippen LogP contribution in [0.3, 0.4) is 0 Å². The molecule has 1 aliphatic rings. The summed E-state index contributed by atoms with van der Waals surface area (Å²) >= 11 is 0. The number of esters is 1. The smallest absolute Gasteiger partial charge is 0.308 e. The molecule has 1 aromatic rings. The fourth-order valence-electron chi connectivity index (χ4n) is 2.57. The third-order valence-corrected chi connectivity index (χ3v) is 3.64. The number of nitrogens with one attached hydrogen (secondary N) is 1. The second kappa shape index (κ2) is 8.29. The number of rotatable bonds is 4. The third-order valence-electron chi connectivity index (χ3n) is 3.64. The molecule has 6 nitrogen and oxygen atoms in total. The molecule has 1 aromatic carbocycles. The standard InChI is InChI=1S/C18H22N2O4/c1-13(21)19-17(18(23)20-10-4-3-5-11-20)12-15-6-8-16(9-7-15)24-14(2)22/h6-9,12H,3-5,10-11H2,1-2H3,(H,19,21)/b17-12-. The molecule has 0 saturated carbocycles. The zero-order chi connectivity index (χ0) is 17.5. The Kier molecular flexibility index (Phi) is 6.12. The van der Waals surface area contributed by atoms with Crippen LogP contribution in [0.1, 0.15) is 38.7 Å². The van der Waals surface area contributed by atoms with E-state index in [4.69, 9.17) is 4.74 Å². The molecule has 1 aliphatic heterocycles. The third kappa shape index (κ3) is 5.22. The molecule has 0 unspecified atom stereocenters. The maximum atomic E-state index is 12.6. The van der Waals surface area contributed by atoms with Gasteiger partial charge in [-0.25, -0.2) is 0 Å². The van der Waals surface area contributed by atoms with Gasteiger partial charge in [0.15, 0.2) is 0 Å². The van der Waals surface area contributed by atoms with Gasteiger partial charge in [0, 0.05) is 26.9 Å². The number of ether oxygens (including phenoxy) is 1. The Balaban J connectivity index is 2.19. The highest BCUT2D eigenvalue weighted by Gasteiger charge is 2.21. The average Bonchev–Trinajstić information content (AvgIpc) is 2.55. The van der Waals surface area contributed by atoms with E-state index in [0.717, 1.165) is 24.8 Å². The van der Waals surface area contributed by atoms with Crippen LogP contribution in [-0.2, 0) is 14.4 Å². The van der Waals surface area contributed by atoms with Gasteiger partial charge >= 0.3 is 5.97 Å². The fourth-order valence-corrected chi connectivity index (χ4v) is 2.57. The lowest BCUT2D eigenvalue weighted by Gasteiger charge is -2.27. The SMILES string of the molecule is CC(=O)N/C(=C\c1ccc(OC(C)=O)cc1)C(=O)N1CCCCC1. The van der Waals surface area contributed by atoms with Crippen molar-refractivity contribution in [1.29, 1.82) is 0 Å². The molecule has 24 heavy (non-hydrogen) atoms. The summed E-state index contributed by atoms with van der Waals surface area (Å²) in [6.07, 6.45) is 4.73. The van der Waals surface area contributed by atoms with Crippen LogP contribution in [0, 0.1) is 0 Å². The van der Waals surface area contributed by atoms with Crippen molar-refractivity contribution in [3.05, 3.63) is 35.5 Å². The molecule has 1 heterocycles. The van der Waals surface area contributed by atoms with Gasteiger partial charge < -0.3 is 15.0 Å². The summed E-state index contributed by atoms with van der Waals surface area (Å²) in [5, 5.41) is 2.62. The highest BCUT2D eigenvalue weighted by Crippen LogP contribution is 2.16. The predicted molar refractivity (Wildman–Crippen MR) is 90.0 cm³/mol. The van der Waals surface area contributed by atoms with Crippen molar-refractivity contribution in [2.75, 3.05) is 13.1 Å². The first kappa shape index (κ1) is 17.7. The van der Waals surface area contributed by atoms with Crippen LogP contribution in [0.15, 0.2) is 30.0 Å². The minimum Gasteiger partial charge on any atom is -0.427 e. The first-order valence-electron chi connectivity index (χ1n) is 8.03. The van der Waals surface area contributed by atoms with Crippen molar-refractivity contribution in [1.82, 2.24) is 10.2 Å². The molecular weight excluding hydrogens is 308 g/mol. The van der Waals surface area contributed by atoms with Gasteiger partial charge in [0.25, 0.3) is 5.91 Å². The second-order valence-electron chi connectivity index (χ2n) is 5.75. The average molecular weight is 330 g/mol. The lowest BCUT2D eigenvalue weighted by Crippen LogP contribution is -2.40. The van der Waals surface area contributed by atoms with Crippen LogP contribution in [-0.4, -0.2) is 35.8 Å². The number of amides is 2. The van der Waals surface area contributed by atoms with Crippen molar-refractivity contribution >= 4 is 23.9 Å². The molecule has 0 bridgehead atoms. The van der Waals surface area contributed by atoms with Crippen LogP contribution in [0.4, 0.5) is 0 Å². The van der Waals surface area contributed by atoms with Gasteiger partial charge in [-0.1, -0.05) is 12.1 Å². The Morgan fingerprint density at radius 3 is 2.21 bits per heavy atom. The first-order chi connectivity index (χ1) is 11.5. The number of likely N-dealkylation sites (tertiary alicyclic amines) is 1. The van der Waals surface area contributed by atoms with E-state index in [-0.39, 0.29) is 17.5 Å². The number of hydrogen-bond donors (Lipinski definition) is 1. The minimum absolute atomic E-state index is 0.172. The highest BCUT2D eigenvalue weighted by atomic mass is 16.5. The van der Waals surface area contributed by atoms with E-state index in [1.54, 1.807) is 35.2 Å². The second-order valence-corrected chi connectivity index (χ2v) is 5.75. The molecule has 0 radical (unpaired) electrons. The fraction of sp³-hybridized carbons (Fsp3) is 0.389. The molecule has 1 N–H and O–H groups in total. The zero-order valence-electron chi connectivity index (χ0n) is 14.0. The van der Waals surface area contributed by atoms with Crippen molar-refractivity contribution in [3.63, 3.8) is 0 Å². The number of carbonyl (C=O) groups is 3. The van der Waals surface area contributed by atoms with Crippen LogP contribution in [0.5, 0.6) is 5.75 Å². The van der Waals surface area contributed by atoms with Crippen molar-refractivity contribution in [2.45, 2.75) is 33.1 Å². The van der Waals surface area contributed by atoms with E-state index in [1.165, 1.54) is 13.8 Å². The van der Waals surface area contributed by atoms with Gasteiger partial charge in [-0.2, -0.15) is 0 Å². The Morgan fingerprint density at radius 2 is 1.67 bits per heavy atom. The van der Waals surface area contributed by atoms with Gasteiger partial charge in [0.2, 0.25) is 5.91 Å². The predicted octanol–water partition coefficient (Wildman–Crippen LogP) is 2.10. The largest absolute Gasteiger partial charge is 0.427 e. The normalized spacial score (nSPS) is 14.9. The molecule has 1 fully saturated rings. The Bertz CT molecular complexity index is 643. The van der Waals surface area contributed by atoms with Crippen molar-refractivity contribution in [2.24, 2.45) is 0 Å². The lowest BCUT2D eigenvalue weighted by atomic mass is 10.1. The molecule has 6 heteroatoms. The minimum atomic E-state index is -0.391. The van der Waals surface area contributed by atoms with Crippen LogP contribution >= 0.6 is 0 Å². The molecule has 0 spiro atoms. The van der Waals surface area contributed by atoms with Gasteiger partial charge in [-0.05, 0) is 43.0 Å². The summed E-state index contributed by atoms with van der Waals surface area (Å²) in [4.78, 5) is 36.7. The van der Waals surface area contributed by atoms with Gasteiger partial charge in [0.1, 0.15) is 11.4 Å². The number of piperidine rings is 1. The Hall–Kier alpha value is -2.63. The van der Waals surface area contributed by atoms with Gasteiger partial charge in [-0.15, -0.1) is 0 Å². The van der Waals surface area contributed by atoms with Crippen LogP contribution in [0.2, 0.25) is 0 Å². The molecule has 1 saturated heterocycles. The molecular formula is C18H22N2O4. The molecule has 0 aromatic heterocycles. The van der Waals surface area contributed by atoms with E-state index >= 15 is 0 Å². The zero-order valence-corrected chi connectivity index (χ0v) is 14.0. The quantitative estimate of drug-likeness (QED) is 0.521. The van der Waals surface area contributed by atoms with Gasteiger partial charge in [-0.3, -0.25) is 14.4 Å². The molecule has 0 aliphatic carbocycles. The maximum absolute atomic E-state index is 12.6. The van der Waals surface area contributed by atoms with Crippen molar-refractivity contribution < 1.29 is 19.1 Å². The van der Waals surface area contributed by atoms with Gasteiger partial charge in [0.05, 0.1) is 0 Å². The molecule has 128 valence electrons. The number of benzene rings is 1. The Morgan fingerprint density at radius 1 is 1.04 bits per heavy atom. The summed E-state index contributed by atoms with van der Waals surface area (Å²) in [7, 11) is 0. The van der Waals surface area contributed by atoms with E-state index in [1.807, 2.05) is 0 Å². The summed E-state index contributed by atoms with van der Waals surface area (Å²) in [6, 6.07) is 6.74. The summed E-state index contributed by atoms with van der Waals surface area (Å²) in [5.74, 6) is -0.419. The molecule has 2 amide bonds. The number of nitrogens with zero attached hydrogens (tertiary/aromatic N) is 1. The summed E-state index contributed by atoms with van der Waals surface area (Å²) in [5.41, 5.74) is 0.990. The molecule has 2 rings (SSSR count). The maximum Gasteiger partial charge on any atom is 0.308 e. The van der Waals surface area contributed by atoms with Crippen molar-refractivity contribution in [3.8, 4) is 5.75 Å². The van der Waals surface area contributed by atoms with E-state index in [0.29, 0.717) is 18.8 Å². The van der Waals surface area contributed by atoms with E-state index < -0.39 is 5.97 Å². The van der Waals surface area contributed by atoms with E-state index in [2.05, 4.69) is 5.32 Å². The van der Waals surface area contributed by atoms with Crippen LogP contribution < -0.4 is 10.1 Å². The number of carbonyl (C=O) groups excluding carboxylic acids is 3. The summed E-state index contributed by atoms with van der Waals surface area (Å²) < 4.78 is 4.98. The lowest BCUT2D eigenvalue weighted by molar-refractivity contribution is -0.132. The monoisotopic (exact) mass is 330 g/mol. The topological polar surface area (TPSA) is 75.7 Å². The Labute approximate surface area is 141 Å². The highest BCUT2D eigenvalue weighted by molar-refractivity contribution is 6.01. The summed E-state index contributed by atoms with van der Waals surface area (Å²) in [6.45, 7) is 4.13. The molecule has 0 atom stereocenters. The van der Waals surface area contributed by atoms with E-state index in [9.17, 15) is 14.4 Å². The first-order valence-corrected chi connectivity index (χ1v) is 8.03. The van der Waals surface area contributed by atoms with Crippen LogP contribution in [0.25, 0.3) is 6.08 Å².